The van der Waals surface area contributed by atoms with E-state index in [2.05, 4.69) is 15.2 Å². The number of nitrogens with zero attached hydrogens (tertiary/aromatic N) is 2. The second-order valence-electron chi connectivity index (χ2n) is 7.63. The third-order valence-electron chi connectivity index (χ3n) is 5.44. The Bertz CT molecular complexity index is 1140. The maximum atomic E-state index is 13.0. The van der Waals surface area contributed by atoms with Crippen molar-refractivity contribution < 1.29 is 18.0 Å². The minimum atomic E-state index is -4.36. The van der Waals surface area contributed by atoms with E-state index < -0.39 is 11.7 Å². The lowest BCUT2D eigenvalue weighted by Gasteiger charge is -2.20. The molecule has 1 aliphatic heterocycles. The van der Waals surface area contributed by atoms with Gasteiger partial charge in [-0.25, -0.2) is 4.98 Å². The van der Waals surface area contributed by atoms with Gasteiger partial charge in [0.1, 0.15) is 5.82 Å². The Kier molecular flexibility index (Phi) is 5.43. The fraction of sp³-hybridized carbons (Fsp3) is 0.250. The third kappa shape index (κ3) is 4.26. The average molecular weight is 425 g/mol. The van der Waals surface area contributed by atoms with Crippen molar-refractivity contribution in [3.05, 3.63) is 88.1 Å². The first-order valence-electron chi connectivity index (χ1n) is 10.0. The zero-order valence-electron chi connectivity index (χ0n) is 17.3. The largest absolute Gasteiger partial charge is 0.416 e. The van der Waals surface area contributed by atoms with E-state index in [4.69, 9.17) is 0 Å². The van der Waals surface area contributed by atoms with Gasteiger partial charge in [-0.3, -0.25) is 4.79 Å². The van der Waals surface area contributed by atoms with Crippen molar-refractivity contribution in [2.45, 2.75) is 25.9 Å². The highest BCUT2D eigenvalue weighted by Crippen LogP contribution is 2.36. The number of anilines is 2. The van der Waals surface area contributed by atoms with Crippen LogP contribution in [0.2, 0.25) is 0 Å². The molecular weight excluding hydrogens is 403 g/mol. The van der Waals surface area contributed by atoms with E-state index in [0.717, 1.165) is 40.8 Å². The fourth-order valence-corrected chi connectivity index (χ4v) is 4.07. The van der Waals surface area contributed by atoms with Gasteiger partial charge in [-0.1, -0.05) is 24.3 Å². The number of amides is 1. The molecular formula is C24H22F3N3O. The quantitative estimate of drug-likeness (QED) is 0.636. The molecule has 4 nitrogen and oxygen atoms in total. The standard InChI is InChI=1S/C24H22F3N3O/c1-15-11-17(12-16-5-3-6-18(13-16)24(25,26)27)14-22(29-15)30-10-9-19-20(23(31)28-2)7-4-8-21(19)30/h3-8,11,13-14H,9-10,12H2,1-2H3,(H,28,31). The molecule has 4 rings (SSSR count). The number of carbonyl (C=O) groups is 1. The van der Waals surface area contributed by atoms with E-state index in [1.54, 1.807) is 13.1 Å². The van der Waals surface area contributed by atoms with Crippen LogP contribution in [0, 0.1) is 6.92 Å². The molecule has 1 amide bonds. The molecule has 31 heavy (non-hydrogen) atoms. The summed E-state index contributed by atoms with van der Waals surface area (Å²) in [7, 11) is 1.61. The molecule has 0 atom stereocenters. The number of rotatable bonds is 4. The summed E-state index contributed by atoms with van der Waals surface area (Å²) in [5, 5.41) is 2.67. The molecule has 0 radical (unpaired) electrons. The predicted molar refractivity (Wildman–Crippen MR) is 114 cm³/mol. The maximum absolute atomic E-state index is 13.0. The minimum absolute atomic E-state index is 0.124. The molecule has 0 unspecified atom stereocenters. The first-order chi connectivity index (χ1) is 14.8. The number of halogens is 3. The number of hydrogen-bond acceptors (Lipinski definition) is 3. The van der Waals surface area contributed by atoms with Gasteiger partial charge in [-0.15, -0.1) is 0 Å². The van der Waals surface area contributed by atoms with Crippen molar-refractivity contribution in [1.29, 1.82) is 0 Å². The average Bonchev–Trinajstić information content (AvgIpc) is 3.16. The lowest BCUT2D eigenvalue weighted by Crippen LogP contribution is -2.19. The van der Waals surface area contributed by atoms with Crippen LogP contribution in [0.3, 0.4) is 0 Å². The lowest BCUT2D eigenvalue weighted by molar-refractivity contribution is -0.137. The van der Waals surface area contributed by atoms with Crippen LogP contribution >= 0.6 is 0 Å². The molecule has 1 aliphatic rings. The zero-order valence-corrected chi connectivity index (χ0v) is 17.3. The fourth-order valence-electron chi connectivity index (χ4n) is 4.07. The maximum Gasteiger partial charge on any atom is 0.416 e. The number of pyridine rings is 1. The molecule has 2 heterocycles. The number of aryl methyl sites for hydroxylation is 1. The molecule has 7 heteroatoms. The lowest BCUT2D eigenvalue weighted by atomic mass is 10.0. The van der Waals surface area contributed by atoms with Crippen molar-refractivity contribution >= 4 is 17.4 Å². The van der Waals surface area contributed by atoms with Gasteiger partial charge in [0.05, 0.1) is 5.56 Å². The van der Waals surface area contributed by atoms with Crippen molar-refractivity contribution in [3.63, 3.8) is 0 Å². The number of nitrogens with one attached hydrogen (secondary N) is 1. The molecule has 3 aromatic rings. The number of hydrogen-bond donors (Lipinski definition) is 1. The van der Waals surface area contributed by atoms with Gasteiger partial charge in [0, 0.05) is 30.5 Å². The van der Waals surface area contributed by atoms with Crippen LogP contribution in [0.25, 0.3) is 0 Å². The Morgan fingerprint density at radius 1 is 1.10 bits per heavy atom. The number of benzene rings is 2. The Labute approximate surface area is 178 Å². The first-order valence-corrected chi connectivity index (χ1v) is 10.0. The van der Waals surface area contributed by atoms with Crippen LogP contribution in [-0.2, 0) is 19.0 Å². The van der Waals surface area contributed by atoms with Gasteiger partial charge < -0.3 is 10.2 Å². The minimum Gasteiger partial charge on any atom is -0.355 e. The smallest absolute Gasteiger partial charge is 0.355 e. The summed E-state index contributed by atoms with van der Waals surface area (Å²) in [4.78, 5) is 18.9. The summed E-state index contributed by atoms with van der Waals surface area (Å²) in [6.07, 6.45) is -3.27. The van der Waals surface area contributed by atoms with Crippen molar-refractivity contribution in [2.75, 3.05) is 18.5 Å². The normalized spacial score (nSPS) is 13.3. The van der Waals surface area contributed by atoms with Crippen molar-refractivity contribution in [2.24, 2.45) is 0 Å². The van der Waals surface area contributed by atoms with E-state index in [1.165, 1.54) is 12.1 Å². The Hall–Kier alpha value is -3.35. The molecule has 1 aromatic heterocycles. The van der Waals surface area contributed by atoms with Gasteiger partial charge in [0.15, 0.2) is 0 Å². The van der Waals surface area contributed by atoms with E-state index in [1.807, 2.05) is 37.3 Å². The van der Waals surface area contributed by atoms with Crippen LogP contribution < -0.4 is 10.2 Å². The van der Waals surface area contributed by atoms with Crippen LogP contribution in [0.5, 0.6) is 0 Å². The van der Waals surface area contributed by atoms with Crippen molar-refractivity contribution in [3.8, 4) is 0 Å². The predicted octanol–water partition coefficient (Wildman–Crippen LogP) is 5.05. The second-order valence-corrected chi connectivity index (χ2v) is 7.63. The monoisotopic (exact) mass is 425 g/mol. The molecule has 0 bridgehead atoms. The molecule has 0 fully saturated rings. The Morgan fingerprint density at radius 2 is 1.87 bits per heavy atom. The van der Waals surface area contributed by atoms with Crippen LogP contribution in [0.1, 0.15) is 38.3 Å². The van der Waals surface area contributed by atoms with Crippen LogP contribution in [-0.4, -0.2) is 24.5 Å². The zero-order chi connectivity index (χ0) is 22.2. The second kappa shape index (κ2) is 8.06. The van der Waals surface area contributed by atoms with Gasteiger partial charge in [-0.2, -0.15) is 13.2 Å². The van der Waals surface area contributed by atoms with Crippen LogP contribution in [0.4, 0.5) is 24.7 Å². The highest BCUT2D eigenvalue weighted by atomic mass is 19.4. The Morgan fingerprint density at radius 3 is 2.61 bits per heavy atom. The Balaban J connectivity index is 1.66. The van der Waals surface area contributed by atoms with E-state index in [9.17, 15) is 18.0 Å². The van der Waals surface area contributed by atoms with E-state index >= 15 is 0 Å². The molecule has 0 saturated heterocycles. The van der Waals surface area contributed by atoms with Gasteiger partial charge in [0.25, 0.3) is 5.91 Å². The van der Waals surface area contributed by atoms with Crippen LogP contribution in [0.15, 0.2) is 54.6 Å². The molecule has 2 aromatic carbocycles. The first kappa shape index (κ1) is 20.9. The van der Waals surface area contributed by atoms with Gasteiger partial charge in [-0.05, 0) is 66.8 Å². The summed E-state index contributed by atoms with van der Waals surface area (Å²) >= 11 is 0. The SMILES string of the molecule is CNC(=O)c1cccc2c1CCN2c1cc(Cc2cccc(C(F)(F)F)c2)cc(C)n1. The van der Waals surface area contributed by atoms with Gasteiger partial charge in [0.2, 0.25) is 0 Å². The molecule has 0 aliphatic carbocycles. The summed E-state index contributed by atoms with van der Waals surface area (Å²) in [5.74, 6) is 0.607. The third-order valence-corrected chi connectivity index (χ3v) is 5.44. The highest BCUT2D eigenvalue weighted by Gasteiger charge is 2.30. The topological polar surface area (TPSA) is 45.2 Å². The molecule has 160 valence electrons. The summed E-state index contributed by atoms with van der Waals surface area (Å²) in [5.41, 5.74) is 4.18. The number of aromatic nitrogens is 1. The highest BCUT2D eigenvalue weighted by molar-refractivity contribution is 5.97. The van der Waals surface area contributed by atoms with Gasteiger partial charge >= 0.3 is 6.18 Å². The number of carbonyl (C=O) groups excluding carboxylic acids is 1. The molecule has 0 spiro atoms. The molecule has 1 N–H and O–H groups in total. The van der Waals surface area contributed by atoms with E-state index in [0.29, 0.717) is 24.1 Å². The van der Waals surface area contributed by atoms with Crippen molar-refractivity contribution in [1.82, 2.24) is 10.3 Å². The summed E-state index contributed by atoms with van der Waals surface area (Å²) < 4.78 is 39.1. The summed E-state index contributed by atoms with van der Waals surface area (Å²) in [6.45, 7) is 2.56. The number of fused-ring (bicyclic) bond motifs is 1. The number of alkyl halides is 3. The molecule has 0 saturated carbocycles. The summed E-state index contributed by atoms with van der Waals surface area (Å²) in [6, 6.07) is 14.8. The van der Waals surface area contributed by atoms with E-state index in [-0.39, 0.29) is 5.91 Å².